The van der Waals surface area contributed by atoms with Gasteiger partial charge in [-0.3, -0.25) is 15.0 Å². The summed E-state index contributed by atoms with van der Waals surface area (Å²) < 4.78 is 43.6. The van der Waals surface area contributed by atoms with Crippen molar-refractivity contribution in [2.45, 2.75) is 13.1 Å². The largest absolute Gasteiger partial charge is 0.506 e. The molecule has 0 unspecified atom stereocenters. The third-order valence-electron chi connectivity index (χ3n) is 5.28. The van der Waals surface area contributed by atoms with Crippen molar-refractivity contribution < 1.29 is 32.6 Å². The Bertz CT molecular complexity index is 1280. The van der Waals surface area contributed by atoms with Crippen LogP contribution in [-0.2, 0) is 10.9 Å². The molecular formula is C23H21F3N4O4S2. The van der Waals surface area contributed by atoms with Crippen LogP contribution in [0.3, 0.4) is 0 Å². The number of rotatable bonds is 6. The van der Waals surface area contributed by atoms with Crippen LogP contribution in [0.1, 0.15) is 37.4 Å². The zero-order chi connectivity index (χ0) is 25.9. The zero-order valence-electron chi connectivity index (χ0n) is 18.9. The van der Waals surface area contributed by atoms with Gasteiger partial charge in [-0.1, -0.05) is 12.1 Å². The van der Waals surface area contributed by atoms with Gasteiger partial charge in [-0.25, -0.2) is 10.4 Å². The number of thiophene rings is 2. The summed E-state index contributed by atoms with van der Waals surface area (Å²) in [5.41, 5.74) is 5.46. The first-order valence-electron chi connectivity index (χ1n) is 10.7. The lowest BCUT2D eigenvalue weighted by atomic mass is 10.1. The number of nitrogens with one attached hydrogen (secondary N) is 2. The highest BCUT2D eigenvalue weighted by atomic mass is 32.1. The average Bonchev–Trinajstić information content (AvgIpc) is 3.50. The number of carbonyl (C=O) groups excluding carboxylic acids is 2. The first kappa shape index (κ1) is 25.8. The van der Waals surface area contributed by atoms with E-state index in [2.05, 4.69) is 16.0 Å². The van der Waals surface area contributed by atoms with Crippen molar-refractivity contribution in [2.75, 3.05) is 26.3 Å². The maximum absolute atomic E-state index is 12.8. The van der Waals surface area contributed by atoms with Crippen LogP contribution in [0.4, 0.5) is 13.2 Å². The summed E-state index contributed by atoms with van der Waals surface area (Å²) in [5, 5.41) is 18.0. The third kappa shape index (κ3) is 5.93. The molecule has 190 valence electrons. The van der Waals surface area contributed by atoms with Crippen LogP contribution in [0.2, 0.25) is 0 Å². The molecule has 0 atom stereocenters. The number of halogens is 3. The first-order chi connectivity index (χ1) is 17.1. The number of ether oxygens (including phenoxy) is 1. The maximum Gasteiger partial charge on any atom is 0.416 e. The van der Waals surface area contributed by atoms with E-state index >= 15 is 0 Å². The van der Waals surface area contributed by atoms with Gasteiger partial charge in [0, 0.05) is 18.5 Å². The summed E-state index contributed by atoms with van der Waals surface area (Å²) in [6.45, 7) is 3.79. The van der Waals surface area contributed by atoms with Crippen molar-refractivity contribution in [1.29, 1.82) is 0 Å². The quantitative estimate of drug-likeness (QED) is 0.320. The Labute approximate surface area is 212 Å². The zero-order valence-corrected chi connectivity index (χ0v) is 20.5. The highest BCUT2D eigenvalue weighted by molar-refractivity contribution is 7.16. The Kier molecular flexibility index (Phi) is 7.73. The van der Waals surface area contributed by atoms with E-state index in [1.807, 2.05) is 0 Å². The van der Waals surface area contributed by atoms with Gasteiger partial charge in [0.25, 0.3) is 11.8 Å². The van der Waals surface area contributed by atoms with Crippen LogP contribution in [-0.4, -0.2) is 53.9 Å². The second-order valence-electron chi connectivity index (χ2n) is 7.74. The smallest absolute Gasteiger partial charge is 0.416 e. The third-order valence-corrected chi connectivity index (χ3v) is 7.38. The van der Waals surface area contributed by atoms with E-state index in [4.69, 9.17) is 4.74 Å². The van der Waals surface area contributed by atoms with E-state index in [1.165, 1.54) is 18.2 Å². The minimum Gasteiger partial charge on any atom is -0.506 e. The van der Waals surface area contributed by atoms with Crippen molar-refractivity contribution in [1.82, 2.24) is 15.9 Å². The molecule has 1 fully saturated rings. The van der Waals surface area contributed by atoms with E-state index < -0.39 is 17.6 Å². The summed E-state index contributed by atoms with van der Waals surface area (Å²) in [7, 11) is 0. The molecule has 3 N–H and O–H groups in total. The van der Waals surface area contributed by atoms with Gasteiger partial charge in [-0.05, 0) is 36.8 Å². The van der Waals surface area contributed by atoms with Crippen LogP contribution in [0, 0.1) is 0 Å². The standard InChI is InChI=1S/C23H21F3N4O4S2/c1-13(16-12-35-20(19(16)31)14-2-4-15(5-3-14)23(24,25)26)27-28-21(32)17-6-7-18(36-17)22(33)29-30-8-10-34-11-9-30/h2-7,12,31H,8-11H2,1H3,(H,28,32)(H,29,33)/b27-13+. The van der Waals surface area contributed by atoms with E-state index in [-0.39, 0.29) is 16.5 Å². The van der Waals surface area contributed by atoms with Crippen molar-refractivity contribution in [3.63, 3.8) is 0 Å². The molecule has 1 aliphatic heterocycles. The van der Waals surface area contributed by atoms with Gasteiger partial charge in [0.1, 0.15) is 5.75 Å². The van der Waals surface area contributed by atoms with Crippen molar-refractivity contribution >= 4 is 40.2 Å². The molecule has 0 aliphatic carbocycles. The Morgan fingerprint density at radius 2 is 1.69 bits per heavy atom. The molecule has 0 radical (unpaired) electrons. The lowest BCUT2D eigenvalue weighted by Crippen LogP contribution is -2.48. The number of hydrazone groups is 1. The summed E-state index contributed by atoms with van der Waals surface area (Å²) in [4.78, 5) is 25.9. The topological polar surface area (TPSA) is 103 Å². The van der Waals surface area contributed by atoms with E-state index in [1.54, 1.807) is 23.4 Å². The predicted molar refractivity (Wildman–Crippen MR) is 130 cm³/mol. The summed E-state index contributed by atoms with van der Waals surface area (Å²) in [6, 6.07) is 7.54. The fraction of sp³-hybridized carbons (Fsp3) is 0.261. The molecule has 0 saturated carbocycles. The van der Waals surface area contributed by atoms with Crippen molar-refractivity contribution in [2.24, 2.45) is 5.10 Å². The van der Waals surface area contributed by atoms with Gasteiger partial charge in [0.05, 0.1) is 44.7 Å². The number of morpholine rings is 1. The Morgan fingerprint density at radius 3 is 2.33 bits per heavy atom. The molecule has 4 rings (SSSR count). The molecule has 2 aromatic heterocycles. The predicted octanol–water partition coefficient (Wildman–Crippen LogP) is 4.33. The highest BCUT2D eigenvalue weighted by Crippen LogP contribution is 2.40. The number of hydrazine groups is 1. The second-order valence-corrected chi connectivity index (χ2v) is 9.71. The molecule has 1 saturated heterocycles. The number of carbonyl (C=O) groups is 2. The minimum absolute atomic E-state index is 0.145. The molecule has 1 aromatic carbocycles. The maximum atomic E-state index is 12.8. The summed E-state index contributed by atoms with van der Waals surface area (Å²) in [5.74, 6) is -0.990. The van der Waals surface area contributed by atoms with Crippen molar-refractivity contribution in [3.05, 3.63) is 62.7 Å². The van der Waals surface area contributed by atoms with Crippen LogP contribution in [0.15, 0.2) is 46.9 Å². The van der Waals surface area contributed by atoms with Crippen LogP contribution in [0.25, 0.3) is 10.4 Å². The van der Waals surface area contributed by atoms with Gasteiger partial charge in [-0.15, -0.1) is 22.7 Å². The van der Waals surface area contributed by atoms with Crippen LogP contribution < -0.4 is 10.9 Å². The van der Waals surface area contributed by atoms with Gasteiger partial charge < -0.3 is 9.84 Å². The monoisotopic (exact) mass is 538 g/mol. The van der Waals surface area contributed by atoms with Gasteiger partial charge in [-0.2, -0.15) is 18.3 Å². The molecule has 3 aromatic rings. The lowest BCUT2D eigenvalue weighted by molar-refractivity contribution is -0.137. The molecule has 2 amide bonds. The molecule has 36 heavy (non-hydrogen) atoms. The summed E-state index contributed by atoms with van der Waals surface area (Å²) in [6.07, 6.45) is -4.45. The van der Waals surface area contributed by atoms with E-state index in [9.17, 15) is 27.9 Å². The van der Waals surface area contributed by atoms with Gasteiger partial charge in [0.15, 0.2) is 0 Å². The number of nitrogens with zero attached hydrogens (tertiary/aromatic N) is 2. The minimum atomic E-state index is -4.45. The fourth-order valence-corrected chi connectivity index (χ4v) is 5.13. The van der Waals surface area contributed by atoms with Gasteiger partial charge >= 0.3 is 6.18 Å². The van der Waals surface area contributed by atoms with E-state index in [0.717, 1.165) is 34.8 Å². The van der Waals surface area contributed by atoms with Crippen molar-refractivity contribution in [3.8, 4) is 16.2 Å². The molecule has 13 heteroatoms. The average molecular weight is 539 g/mol. The Balaban J connectivity index is 1.40. The fourth-order valence-electron chi connectivity index (χ4n) is 3.33. The number of benzene rings is 1. The van der Waals surface area contributed by atoms with Crippen LogP contribution in [0.5, 0.6) is 5.75 Å². The molecule has 1 aliphatic rings. The second kappa shape index (κ2) is 10.8. The number of alkyl halides is 3. The van der Waals surface area contributed by atoms with Gasteiger partial charge in [0.2, 0.25) is 0 Å². The SMILES string of the molecule is C/C(=N\NC(=O)c1ccc(C(=O)NN2CCOCC2)s1)c1csc(-c2ccc(C(F)(F)F)cc2)c1O. The summed E-state index contributed by atoms with van der Waals surface area (Å²) >= 11 is 2.16. The lowest BCUT2D eigenvalue weighted by Gasteiger charge is -2.26. The normalized spacial score (nSPS) is 15.1. The Hall–Kier alpha value is -3.26. The van der Waals surface area contributed by atoms with Crippen LogP contribution >= 0.6 is 22.7 Å². The number of aromatic hydroxyl groups is 1. The number of amides is 2. The first-order valence-corrected chi connectivity index (χ1v) is 12.4. The molecule has 0 spiro atoms. The molecule has 3 heterocycles. The molecule has 0 bridgehead atoms. The number of hydrogen-bond donors (Lipinski definition) is 3. The molecule has 8 nitrogen and oxygen atoms in total. The van der Waals surface area contributed by atoms with E-state index in [0.29, 0.717) is 52.9 Å². The molecular weight excluding hydrogens is 517 g/mol. The Morgan fingerprint density at radius 1 is 1.06 bits per heavy atom. The highest BCUT2D eigenvalue weighted by Gasteiger charge is 2.30. The number of hydrogen-bond acceptors (Lipinski definition) is 8.